The van der Waals surface area contributed by atoms with Gasteiger partial charge in [-0.2, -0.15) is 0 Å². The van der Waals surface area contributed by atoms with Crippen molar-refractivity contribution in [3.8, 4) is 0 Å². The number of benzene rings is 1. The third-order valence-corrected chi connectivity index (χ3v) is 3.01. The van der Waals surface area contributed by atoms with Crippen LogP contribution >= 0.6 is 0 Å². The maximum atomic E-state index is 13.7. The van der Waals surface area contributed by atoms with Gasteiger partial charge in [0.15, 0.2) is 5.82 Å². The largest absolute Gasteiger partial charge is 0.330 e. The van der Waals surface area contributed by atoms with Crippen molar-refractivity contribution >= 4 is 11.0 Å². The Morgan fingerprint density at radius 3 is 2.65 bits per heavy atom. The average molecular weight is 235 g/mol. The van der Waals surface area contributed by atoms with E-state index in [4.69, 9.17) is 5.73 Å². The van der Waals surface area contributed by atoms with Gasteiger partial charge in [-0.3, -0.25) is 0 Å². The Kier molecular flexibility index (Phi) is 3.15. The number of fused-ring (bicyclic) bond motifs is 1. The Morgan fingerprint density at radius 1 is 1.35 bits per heavy atom. The van der Waals surface area contributed by atoms with Gasteiger partial charge in [0.1, 0.15) is 11.3 Å². The second-order valence-corrected chi connectivity index (χ2v) is 4.68. The van der Waals surface area contributed by atoms with Gasteiger partial charge in [0.05, 0.1) is 5.52 Å². The number of nitrogens with two attached hydrogens (primary N) is 1. The molecule has 0 aliphatic heterocycles. The summed E-state index contributed by atoms with van der Waals surface area (Å²) in [4.78, 5) is 4.41. The molecule has 0 bridgehead atoms. The lowest BCUT2D eigenvalue weighted by Crippen LogP contribution is -2.16. The van der Waals surface area contributed by atoms with Crippen molar-refractivity contribution in [2.24, 2.45) is 5.73 Å². The number of hydrogen-bond acceptors (Lipinski definition) is 2. The maximum Gasteiger partial charge on any atom is 0.151 e. The third-order valence-electron chi connectivity index (χ3n) is 3.01. The summed E-state index contributed by atoms with van der Waals surface area (Å²) in [7, 11) is 0. The van der Waals surface area contributed by atoms with Crippen molar-refractivity contribution in [3.05, 3.63) is 29.8 Å². The molecule has 1 atom stereocenters. The second-order valence-electron chi connectivity index (χ2n) is 4.68. The molecule has 2 N–H and O–H groups in total. The number of hydrogen-bond donors (Lipinski definition) is 1. The summed E-state index contributed by atoms with van der Waals surface area (Å²) in [5.74, 6) is 0.721. The molecule has 0 aliphatic carbocycles. The molecule has 1 unspecified atom stereocenters. The Balaban J connectivity index is 2.75. The molecule has 0 radical (unpaired) electrons. The fourth-order valence-electron chi connectivity index (χ4n) is 2.10. The zero-order valence-electron chi connectivity index (χ0n) is 10.4. The fourth-order valence-corrected chi connectivity index (χ4v) is 2.10. The third kappa shape index (κ3) is 1.93. The van der Waals surface area contributed by atoms with Crippen LogP contribution in [0.15, 0.2) is 18.2 Å². The van der Waals surface area contributed by atoms with Crippen molar-refractivity contribution in [2.75, 3.05) is 6.54 Å². The molecule has 0 fully saturated rings. The minimum absolute atomic E-state index is 0.129. The minimum atomic E-state index is -0.271. The van der Waals surface area contributed by atoms with E-state index in [0.29, 0.717) is 12.1 Å². The van der Waals surface area contributed by atoms with Crippen LogP contribution in [0, 0.1) is 5.82 Å². The van der Waals surface area contributed by atoms with Crippen LogP contribution in [0.2, 0.25) is 0 Å². The zero-order valence-corrected chi connectivity index (χ0v) is 10.4. The predicted molar refractivity (Wildman–Crippen MR) is 67.5 cm³/mol. The van der Waals surface area contributed by atoms with Crippen LogP contribution < -0.4 is 5.73 Å². The molecule has 0 spiro atoms. The van der Waals surface area contributed by atoms with Gasteiger partial charge >= 0.3 is 0 Å². The second kappa shape index (κ2) is 4.45. The Labute approximate surface area is 100 Å². The number of nitrogens with zero attached hydrogens (tertiary/aromatic N) is 2. The highest BCUT2D eigenvalue weighted by atomic mass is 19.1. The highest BCUT2D eigenvalue weighted by Gasteiger charge is 2.19. The van der Waals surface area contributed by atoms with Crippen LogP contribution in [0.3, 0.4) is 0 Å². The summed E-state index contributed by atoms with van der Waals surface area (Å²) in [6.45, 7) is 6.66. The molecular formula is C13H18FN3. The highest BCUT2D eigenvalue weighted by molar-refractivity contribution is 5.77. The molecule has 0 amide bonds. The lowest BCUT2D eigenvalue weighted by atomic mass is 10.1. The van der Waals surface area contributed by atoms with E-state index in [1.54, 1.807) is 6.07 Å². The van der Waals surface area contributed by atoms with Crippen molar-refractivity contribution in [1.82, 2.24) is 9.55 Å². The molecule has 17 heavy (non-hydrogen) atoms. The van der Waals surface area contributed by atoms with Crippen molar-refractivity contribution < 1.29 is 4.39 Å². The van der Waals surface area contributed by atoms with Crippen LogP contribution in [-0.4, -0.2) is 16.1 Å². The molecule has 92 valence electrons. The average Bonchev–Trinajstić information content (AvgIpc) is 2.68. The van der Waals surface area contributed by atoms with E-state index in [1.807, 2.05) is 13.0 Å². The van der Waals surface area contributed by atoms with Gasteiger partial charge in [0.2, 0.25) is 0 Å². The highest BCUT2D eigenvalue weighted by Crippen LogP contribution is 2.26. The summed E-state index contributed by atoms with van der Waals surface area (Å²) in [5.41, 5.74) is 6.97. The minimum Gasteiger partial charge on any atom is -0.330 e. The van der Waals surface area contributed by atoms with Gasteiger partial charge in [-0.25, -0.2) is 9.37 Å². The number of imidazole rings is 1. The molecule has 1 aromatic heterocycles. The molecule has 0 saturated heterocycles. The molecule has 3 nitrogen and oxygen atoms in total. The lowest BCUT2D eigenvalue weighted by molar-refractivity contribution is 0.554. The van der Waals surface area contributed by atoms with Crippen LogP contribution in [0.4, 0.5) is 4.39 Å². The molecule has 4 heteroatoms. The zero-order chi connectivity index (χ0) is 12.6. The first-order valence-electron chi connectivity index (χ1n) is 5.92. The van der Waals surface area contributed by atoms with E-state index in [2.05, 4.69) is 23.4 Å². The number of rotatable bonds is 3. The first-order valence-corrected chi connectivity index (χ1v) is 5.92. The Bertz CT molecular complexity index is 531. The molecular weight excluding hydrogens is 217 g/mol. The standard InChI is InChI=1S/C13H18FN3/c1-8(2)17-11-6-4-5-10(14)12(11)16-13(17)9(3)7-15/h4-6,8-9H,7,15H2,1-3H3. The van der Waals surface area contributed by atoms with Gasteiger partial charge in [-0.15, -0.1) is 0 Å². The number of halogens is 1. The molecule has 2 aromatic rings. The van der Waals surface area contributed by atoms with Crippen LogP contribution in [0.1, 0.15) is 38.6 Å². The smallest absolute Gasteiger partial charge is 0.151 e. The molecule has 1 heterocycles. The Hall–Kier alpha value is -1.42. The van der Waals surface area contributed by atoms with Crippen LogP contribution in [0.5, 0.6) is 0 Å². The quantitative estimate of drug-likeness (QED) is 0.889. The van der Waals surface area contributed by atoms with E-state index in [1.165, 1.54) is 6.07 Å². The fraction of sp³-hybridized carbons (Fsp3) is 0.462. The summed E-state index contributed by atoms with van der Waals surface area (Å²) < 4.78 is 15.8. The van der Waals surface area contributed by atoms with E-state index in [-0.39, 0.29) is 17.8 Å². The summed E-state index contributed by atoms with van der Waals surface area (Å²) in [6.07, 6.45) is 0. The first kappa shape index (κ1) is 12.0. The molecule has 0 saturated carbocycles. The van der Waals surface area contributed by atoms with E-state index in [9.17, 15) is 4.39 Å². The molecule has 1 aromatic carbocycles. The van der Waals surface area contributed by atoms with Crippen molar-refractivity contribution in [1.29, 1.82) is 0 Å². The number of aromatic nitrogens is 2. The molecule has 0 aliphatic rings. The van der Waals surface area contributed by atoms with Crippen molar-refractivity contribution in [2.45, 2.75) is 32.7 Å². The SMILES string of the molecule is CC(CN)c1nc2c(F)cccc2n1C(C)C. The van der Waals surface area contributed by atoms with E-state index >= 15 is 0 Å². The topological polar surface area (TPSA) is 43.8 Å². The molecule has 2 rings (SSSR count). The maximum absolute atomic E-state index is 13.7. The summed E-state index contributed by atoms with van der Waals surface area (Å²) in [5, 5.41) is 0. The van der Waals surface area contributed by atoms with Gasteiger partial charge in [0, 0.05) is 18.5 Å². The number of para-hydroxylation sites is 1. The van der Waals surface area contributed by atoms with Gasteiger partial charge < -0.3 is 10.3 Å². The van der Waals surface area contributed by atoms with E-state index < -0.39 is 0 Å². The normalized spacial score (nSPS) is 13.5. The van der Waals surface area contributed by atoms with E-state index in [0.717, 1.165) is 11.3 Å². The van der Waals surface area contributed by atoms with Crippen molar-refractivity contribution in [3.63, 3.8) is 0 Å². The lowest BCUT2D eigenvalue weighted by Gasteiger charge is -2.16. The van der Waals surface area contributed by atoms with Crippen LogP contribution in [-0.2, 0) is 0 Å². The van der Waals surface area contributed by atoms with Gasteiger partial charge in [-0.1, -0.05) is 13.0 Å². The monoisotopic (exact) mass is 235 g/mol. The predicted octanol–water partition coefficient (Wildman–Crippen LogP) is 2.82. The van der Waals surface area contributed by atoms with Gasteiger partial charge in [0.25, 0.3) is 0 Å². The van der Waals surface area contributed by atoms with Crippen LogP contribution in [0.25, 0.3) is 11.0 Å². The Morgan fingerprint density at radius 2 is 2.06 bits per heavy atom. The summed E-state index contributed by atoms with van der Waals surface area (Å²) >= 11 is 0. The summed E-state index contributed by atoms with van der Waals surface area (Å²) in [6, 6.07) is 5.30. The first-order chi connectivity index (χ1) is 8.06. The van der Waals surface area contributed by atoms with Gasteiger partial charge in [-0.05, 0) is 26.0 Å².